The molecule has 138 valence electrons. The molecule has 0 saturated heterocycles. The lowest BCUT2D eigenvalue weighted by Crippen LogP contribution is -2.15. The zero-order valence-electron chi connectivity index (χ0n) is 15.1. The van der Waals surface area contributed by atoms with Crippen molar-refractivity contribution in [3.8, 4) is 0 Å². The minimum atomic E-state index is -3.40. The highest BCUT2D eigenvalue weighted by Gasteiger charge is 2.36. The fraction of sp³-hybridized carbons (Fsp3) is 0.688. The molecule has 0 amide bonds. The van der Waals surface area contributed by atoms with Crippen molar-refractivity contribution in [1.29, 1.82) is 0 Å². The molecule has 8 heteroatoms. The van der Waals surface area contributed by atoms with Crippen LogP contribution in [-0.4, -0.2) is 26.3 Å². The molecule has 0 saturated carbocycles. The van der Waals surface area contributed by atoms with Crippen molar-refractivity contribution in [3.05, 3.63) is 22.6 Å². The molecule has 0 aromatic carbocycles. The summed E-state index contributed by atoms with van der Waals surface area (Å²) in [6, 6.07) is 0. The second-order valence-electron chi connectivity index (χ2n) is 6.19. The van der Waals surface area contributed by atoms with E-state index in [0.717, 1.165) is 0 Å². The summed E-state index contributed by atoms with van der Waals surface area (Å²) in [5, 5.41) is 0.341. The quantitative estimate of drug-likeness (QED) is 0.331. The van der Waals surface area contributed by atoms with Gasteiger partial charge < -0.3 is 18.2 Å². The monoisotopic (exact) mass is 424 g/mol. The fourth-order valence-corrected chi connectivity index (χ4v) is 4.55. The zero-order valence-corrected chi connectivity index (χ0v) is 17.6. The molecular formula is C16H26BrO6P. The van der Waals surface area contributed by atoms with E-state index in [1.807, 2.05) is 20.8 Å². The third kappa shape index (κ3) is 4.94. The molecule has 0 N–H and O–H groups in total. The number of ether oxygens (including phenoxy) is 1. The van der Waals surface area contributed by atoms with Crippen molar-refractivity contribution >= 4 is 29.5 Å². The maximum absolute atomic E-state index is 13.0. The molecule has 0 aliphatic heterocycles. The molecule has 24 heavy (non-hydrogen) atoms. The van der Waals surface area contributed by atoms with Crippen molar-refractivity contribution in [1.82, 2.24) is 0 Å². The summed E-state index contributed by atoms with van der Waals surface area (Å²) in [6.07, 6.45) is -0.0395. The normalized spacial score (nSPS) is 12.5. The topological polar surface area (TPSA) is 75.0 Å². The van der Waals surface area contributed by atoms with Gasteiger partial charge in [-0.15, -0.1) is 0 Å². The Kier molecular flexibility index (Phi) is 7.73. The molecule has 6 nitrogen and oxygen atoms in total. The lowest BCUT2D eigenvalue weighted by Gasteiger charge is -2.21. The Hall–Kier alpha value is -0.620. The first-order valence-electron chi connectivity index (χ1n) is 7.80. The number of carbonyl (C=O) groups is 1. The largest absolute Gasteiger partial charge is 0.465 e. The summed E-state index contributed by atoms with van der Waals surface area (Å²) in [5.41, 5.74) is 0.426. The number of alkyl halides is 1. The predicted molar refractivity (Wildman–Crippen MR) is 95.9 cm³/mol. The molecule has 0 radical (unpaired) electrons. The van der Waals surface area contributed by atoms with E-state index in [9.17, 15) is 9.36 Å². The van der Waals surface area contributed by atoms with Gasteiger partial charge in [0.25, 0.3) is 0 Å². The van der Waals surface area contributed by atoms with Crippen LogP contribution in [0, 0.1) is 0 Å². The van der Waals surface area contributed by atoms with E-state index in [4.69, 9.17) is 18.2 Å². The number of hydrogen-bond acceptors (Lipinski definition) is 6. The molecule has 1 heterocycles. The highest BCUT2D eigenvalue weighted by atomic mass is 79.9. The first kappa shape index (κ1) is 21.4. The van der Waals surface area contributed by atoms with E-state index < -0.39 is 13.6 Å². The molecule has 1 rings (SSSR count). The lowest BCUT2D eigenvalue weighted by atomic mass is 9.89. The number of esters is 1. The Labute approximate surface area is 151 Å². The van der Waals surface area contributed by atoms with Crippen LogP contribution in [0.5, 0.6) is 0 Å². The van der Waals surface area contributed by atoms with E-state index in [0.29, 0.717) is 28.0 Å². The van der Waals surface area contributed by atoms with Crippen LogP contribution in [0.25, 0.3) is 0 Å². The summed E-state index contributed by atoms with van der Waals surface area (Å²) < 4.78 is 34.5. The number of carbonyl (C=O) groups excluding carboxylic acids is 1. The predicted octanol–water partition coefficient (Wildman–Crippen LogP) is 5.02. The van der Waals surface area contributed by atoms with Gasteiger partial charge in [-0.05, 0) is 13.8 Å². The van der Waals surface area contributed by atoms with Gasteiger partial charge in [-0.3, -0.25) is 4.57 Å². The molecule has 0 aliphatic rings. The van der Waals surface area contributed by atoms with Crippen molar-refractivity contribution in [2.75, 3.05) is 20.3 Å². The molecular weight excluding hydrogens is 399 g/mol. The molecule has 0 spiro atoms. The maximum Gasteiger partial charge on any atom is 0.341 e. The van der Waals surface area contributed by atoms with E-state index in [1.165, 1.54) is 7.11 Å². The SMILES string of the molecule is CCOP(=O)(Cc1c(C(C)(C)C)oc(CBr)c1C(=O)OC)OCC. The van der Waals surface area contributed by atoms with Crippen LogP contribution in [0.2, 0.25) is 0 Å². The standard InChI is InChI=1S/C16H26BrO6P/c1-7-21-24(19,22-8-2)10-11-13(15(18)20-6)12(9-17)23-14(11)16(3,4)5/h7-10H2,1-6H3. The number of furan rings is 1. The van der Waals surface area contributed by atoms with E-state index in [2.05, 4.69) is 15.9 Å². The third-order valence-electron chi connectivity index (χ3n) is 3.28. The molecule has 0 bridgehead atoms. The first-order chi connectivity index (χ1) is 11.1. The molecule has 1 aromatic heterocycles. The highest BCUT2D eigenvalue weighted by molar-refractivity contribution is 9.08. The van der Waals surface area contributed by atoms with E-state index in [-0.39, 0.29) is 24.8 Å². The average Bonchev–Trinajstić information content (AvgIpc) is 2.85. The lowest BCUT2D eigenvalue weighted by molar-refractivity contribution is 0.0598. The van der Waals surface area contributed by atoms with Crippen LogP contribution in [0.3, 0.4) is 0 Å². The van der Waals surface area contributed by atoms with Crippen LogP contribution in [-0.2, 0) is 35.3 Å². The van der Waals surface area contributed by atoms with Gasteiger partial charge in [0.2, 0.25) is 0 Å². The van der Waals surface area contributed by atoms with Gasteiger partial charge in [-0.2, -0.15) is 0 Å². The molecule has 0 unspecified atom stereocenters. The smallest absolute Gasteiger partial charge is 0.341 e. The van der Waals surface area contributed by atoms with Gasteiger partial charge in [0.05, 0.1) is 31.8 Å². The number of hydrogen-bond donors (Lipinski definition) is 0. The number of rotatable bonds is 8. The first-order valence-corrected chi connectivity index (χ1v) is 10.7. The Morgan fingerprint density at radius 3 is 2.12 bits per heavy atom. The molecule has 1 aromatic rings. The second-order valence-corrected chi connectivity index (χ2v) is 8.80. The molecule has 0 fully saturated rings. The minimum Gasteiger partial charge on any atom is -0.465 e. The van der Waals surface area contributed by atoms with E-state index in [1.54, 1.807) is 13.8 Å². The van der Waals surface area contributed by atoms with Crippen molar-refractivity contribution < 1.29 is 27.6 Å². The second kappa shape index (κ2) is 8.65. The van der Waals surface area contributed by atoms with Gasteiger partial charge in [0.1, 0.15) is 17.1 Å². The van der Waals surface area contributed by atoms with Gasteiger partial charge in [-0.25, -0.2) is 4.79 Å². The minimum absolute atomic E-state index is 0.0395. The molecule has 0 atom stereocenters. The average molecular weight is 425 g/mol. The summed E-state index contributed by atoms with van der Waals surface area (Å²) in [7, 11) is -2.09. The highest BCUT2D eigenvalue weighted by Crippen LogP contribution is 2.53. The van der Waals surface area contributed by atoms with Gasteiger partial charge in [-0.1, -0.05) is 36.7 Å². The third-order valence-corrected chi connectivity index (χ3v) is 5.79. The Balaban J connectivity index is 3.54. The van der Waals surface area contributed by atoms with Crippen LogP contribution < -0.4 is 0 Å². The van der Waals surface area contributed by atoms with Gasteiger partial charge in [0, 0.05) is 11.0 Å². The number of halogens is 1. The summed E-state index contributed by atoms with van der Waals surface area (Å²) >= 11 is 3.33. The fourth-order valence-electron chi connectivity index (χ4n) is 2.42. The Morgan fingerprint density at radius 1 is 1.21 bits per heavy atom. The van der Waals surface area contributed by atoms with E-state index >= 15 is 0 Å². The van der Waals surface area contributed by atoms with Gasteiger partial charge in [0.15, 0.2) is 0 Å². The van der Waals surface area contributed by atoms with Gasteiger partial charge >= 0.3 is 13.6 Å². The number of methoxy groups -OCH3 is 1. The Morgan fingerprint density at radius 2 is 1.75 bits per heavy atom. The maximum atomic E-state index is 13.0. The Bertz CT molecular complexity index is 607. The van der Waals surface area contributed by atoms with Crippen molar-refractivity contribution in [3.63, 3.8) is 0 Å². The van der Waals surface area contributed by atoms with Crippen molar-refractivity contribution in [2.24, 2.45) is 0 Å². The van der Waals surface area contributed by atoms with Crippen molar-refractivity contribution in [2.45, 2.75) is 51.5 Å². The molecule has 0 aliphatic carbocycles. The summed E-state index contributed by atoms with van der Waals surface area (Å²) in [5.74, 6) is 0.497. The van der Waals surface area contributed by atoms with Crippen LogP contribution in [0.15, 0.2) is 4.42 Å². The zero-order chi connectivity index (χ0) is 18.5. The summed E-state index contributed by atoms with van der Waals surface area (Å²) in [6.45, 7) is 9.87. The van der Waals surface area contributed by atoms with Crippen LogP contribution in [0.1, 0.15) is 62.1 Å². The summed E-state index contributed by atoms with van der Waals surface area (Å²) in [4.78, 5) is 12.3. The van der Waals surface area contributed by atoms with Crippen LogP contribution >= 0.6 is 23.5 Å². The van der Waals surface area contributed by atoms with Crippen LogP contribution in [0.4, 0.5) is 0 Å².